The number of rotatable bonds is 4. The molecule has 0 saturated carbocycles. The summed E-state index contributed by atoms with van der Waals surface area (Å²) in [6.45, 7) is 6.98. The van der Waals surface area contributed by atoms with E-state index in [2.05, 4.69) is 15.9 Å². The predicted octanol–water partition coefficient (Wildman–Crippen LogP) is 2.29. The molecule has 0 aromatic heterocycles. The Balaban J connectivity index is 5.31. The Bertz CT molecular complexity index is 333. The average Bonchev–Trinajstić information content (AvgIpc) is 2.21. The van der Waals surface area contributed by atoms with Crippen LogP contribution in [0.2, 0.25) is 0 Å². The second kappa shape index (κ2) is 5.67. The monoisotopic (exact) mass is 305 g/mol. The molecule has 0 aliphatic heterocycles. The minimum atomic E-state index is -1.25. The number of alkyl halides is 1. The quantitative estimate of drug-likeness (QED) is 0.640. The van der Waals surface area contributed by atoms with Crippen molar-refractivity contribution < 1.29 is 14.7 Å². The second-order valence-electron chi connectivity index (χ2n) is 5.08. The van der Waals surface area contributed by atoms with Gasteiger partial charge >= 0.3 is 5.97 Å². The van der Waals surface area contributed by atoms with Gasteiger partial charge in [0.2, 0.25) is 5.91 Å². The zero-order valence-corrected chi connectivity index (χ0v) is 12.5. The first-order valence-electron chi connectivity index (χ1n) is 5.32. The lowest BCUT2D eigenvalue weighted by Crippen LogP contribution is -2.60. The van der Waals surface area contributed by atoms with Crippen LogP contribution in [-0.2, 0) is 9.59 Å². The Hall–Kier alpha value is -0.840. The van der Waals surface area contributed by atoms with Crippen LogP contribution in [-0.4, -0.2) is 39.8 Å². The summed E-state index contributed by atoms with van der Waals surface area (Å²) in [7, 11) is 1.51. The van der Waals surface area contributed by atoms with E-state index < -0.39 is 16.9 Å². The fraction of sp³-hybridized carbons (Fsp3) is 0.667. The summed E-state index contributed by atoms with van der Waals surface area (Å²) in [5.74, 6) is -1.32. The highest BCUT2D eigenvalue weighted by molar-refractivity contribution is 9.09. The van der Waals surface area contributed by atoms with Crippen molar-refractivity contribution in [1.82, 2.24) is 4.90 Å². The SMILES string of the molecule is CN(C(=O)/C=C/CBr)[C@@](C)(C(=O)O)C(C)(C)C. The maximum absolute atomic E-state index is 11.9. The molecule has 0 spiro atoms. The van der Waals surface area contributed by atoms with E-state index >= 15 is 0 Å². The van der Waals surface area contributed by atoms with Crippen molar-refractivity contribution in [3.05, 3.63) is 12.2 Å². The number of halogens is 1. The number of allylic oxidation sites excluding steroid dienone is 1. The Morgan fingerprint density at radius 1 is 1.29 bits per heavy atom. The van der Waals surface area contributed by atoms with Gasteiger partial charge in [0.25, 0.3) is 0 Å². The maximum Gasteiger partial charge on any atom is 0.329 e. The number of aliphatic carboxylic acids is 1. The van der Waals surface area contributed by atoms with Crippen LogP contribution < -0.4 is 0 Å². The summed E-state index contributed by atoms with van der Waals surface area (Å²) in [5.41, 5.74) is -1.81. The highest BCUT2D eigenvalue weighted by atomic mass is 79.9. The first-order valence-corrected chi connectivity index (χ1v) is 6.45. The van der Waals surface area contributed by atoms with Gasteiger partial charge in [-0.25, -0.2) is 4.79 Å². The third-order valence-electron chi connectivity index (χ3n) is 3.23. The van der Waals surface area contributed by atoms with Crippen LogP contribution >= 0.6 is 15.9 Å². The lowest BCUT2D eigenvalue weighted by Gasteiger charge is -2.44. The predicted molar refractivity (Wildman–Crippen MR) is 71.2 cm³/mol. The summed E-state index contributed by atoms with van der Waals surface area (Å²) in [6.07, 6.45) is 3.02. The van der Waals surface area contributed by atoms with Gasteiger partial charge in [0, 0.05) is 12.4 Å². The van der Waals surface area contributed by atoms with E-state index in [-0.39, 0.29) is 5.91 Å². The van der Waals surface area contributed by atoms with Crippen LogP contribution in [0.4, 0.5) is 0 Å². The molecule has 0 bridgehead atoms. The van der Waals surface area contributed by atoms with Gasteiger partial charge in [-0.2, -0.15) is 0 Å². The largest absolute Gasteiger partial charge is 0.479 e. The van der Waals surface area contributed by atoms with Crippen LogP contribution in [0.3, 0.4) is 0 Å². The molecule has 1 amide bonds. The van der Waals surface area contributed by atoms with E-state index in [1.54, 1.807) is 33.8 Å². The molecule has 1 N–H and O–H groups in total. The highest BCUT2D eigenvalue weighted by Gasteiger charge is 2.49. The van der Waals surface area contributed by atoms with Crippen LogP contribution in [0, 0.1) is 5.41 Å². The average molecular weight is 306 g/mol. The number of hydrogen-bond acceptors (Lipinski definition) is 2. The van der Waals surface area contributed by atoms with Crippen LogP contribution in [0.5, 0.6) is 0 Å². The van der Waals surface area contributed by atoms with Crippen molar-refractivity contribution in [1.29, 1.82) is 0 Å². The molecule has 0 rings (SSSR count). The number of carboxylic acids is 1. The summed E-state index contributed by atoms with van der Waals surface area (Å²) >= 11 is 3.17. The molecule has 98 valence electrons. The number of likely N-dealkylation sites (N-methyl/N-ethyl adjacent to an activating group) is 1. The molecule has 0 aliphatic rings. The van der Waals surface area contributed by atoms with Gasteiger partial charge in [0.15, 0.2) is 0 Å². The minimum absolute atomic E-state index is 0.315. The molecular weight excluding hydrogens is 286 g/mol. The molecular formula is C12H20BrNO3. The lowest BCUT2D eigenvalue weighted by molar-refractivity contribution is -0.162. The molecule has 5 heteroatoms. The molecule has 0 heterocycles. The molecule has 0 unspecified atom stereocenters. The fourth-order valence-corrected chi connectivity index (χ4v) is 1.63. The van der Waals surface area contributed by atoms with Gasteiger partial charge in [-0.15, -0.1) is 0 Å². The van der Waals surface area contributed by atoms with Crippen molar-refractivity contribution in [3.8, 4) is 0 Å². The molecule has 0 aromatic carbocycles. The van der Waals surface area contributed by atoms with E-state index in [0.29, 0.717) is 5.33 Å². The van der Waals surface area contributed by atoms with Crippen molar-refractivity contribution in [2.75, 3.05) is 12.4 Å². The fourth-order valence-electron chi connectivity index (χ4n) is 1.44. The number of carbonyl (C=O) groups is 2. The first-order chi connectivity index (χ1) is 7.59. The van der Waals surface area contributed by atoms with E-state index in [4.69, 9.17) is 0 Å². The van der Waals surface area contributed by atoms with Gasteiger partial charge in [-0.3, -0.25) is 4.79 Å². The van der Waals surface area contributed by atoms with Crippen molar-refractivity contribution >= 4 is 27.8 Å². The van der Waals surface area contributed by atoms with Gasteiger partial charge in [0.05, 0.1) is 0 Å². The standard InChI is InChI=1S/C12H20BrNO3/c1-11(2,3)12(4,10(16)17)14(5)9(15)7-6-8-13/h6-7H,8H2,1-5H3,(H,16,17)/b7-6+/t12-/m0/s1. The summed E-state index contributed by atoms with van der Waals surface area (Å²) in [6, 6.07) is 0. The molecule has 0 aliphatic carbocycles. The maximum atomic E-state index is 11.9. The Kier molecular flexibility index (Phi) is 5.39. The topological polar surface area (TPSA) is 57.6 Å². The zero-order chi connectivity index (χ0) is 13.9. The molecule has 0 aromatic rings. The highest BCUT2D eigenvalue weighted by Crippen LogP contribution is 2.35. The minimum Gasteiger partial charge on any atom is -0.479 e. The van der Waals surface area contributed by atoms with Crippen molar-refractivity contribution in [2.45, 2.75) is 33.2 Å². The zero-order valence-electron chi connectivity index (χ0n) is 11.0. The van der Waals surface area contributed by atoms with Crippen LogP contribution in [0.25, 0.3) is 0 Å². The van der Waals surface area contributed by atoms with E-state index in [9.17, 15) is 14.7 Å². The lowest BCUT2D eigenvalue weighted by atomic mass is 9.73. The Labute approximate surface area is 111 Å². The van der Waals surface area contributed by atoms with Gasteiger partial charge in [0.1, 0.15) is 5.54 Å². The van der Waals surface area contributed by atoms with Crippen molar-refractivity contribution in [3.63, 3.8) is 0 Å². The number of amides is 1. The molecule has 17 heavy (non-hydrogen) atoms. The first kappa shape index (κ1) is 16.2. The summed E-state index contributed by atoms with van der Waals surface area (Å²) in [5, 5.41) is 9.95. The third kappa shape index (κ3) is 3.31. The Morgan fingerprint density at radius 3 is 2.06 bits per heavy atom. The summed E-state index contributed by atoms with van der Waals surface area (Å²) in [4.78, 5) is 24.6. The molecule has 0 radical (unpaired) electrons. The van der Waals surface area contributed by atoms with Gasteiger partial charge < -0.3 is 10.0 Å². The van der Waals surface area contributed by atoms with E-state index in [1.807, 2.05) is 0 Å². The molecule has 0 fully saturated rings. The van der Waals surface area contributed by atoms with Crippen molar-refractivity contribution in [2.24, 2.45) is 5.41 Å². The Morgan fingerprint density at radius 2 is 1.76 bits per heavy atom. The number of hydrogen-bond donors (Lipinski definition) is 1. The molecule has 1 atom stereocenters. The smallest absolute Gasteiger partial charge is 0.329 e. The van der Waals surface area contributed by atoms with Gasteiger partial charge in [-0.1, -0.05) is 42.8 Å². The van der Waals surface area contributed by atoms with E-state index in [0.717, 1.165) is 0 Å². The third-order valence-corrected chi connectivity index (χ3v) is 3.60. The normalized spacial score (nSPS) is 15.6. The number of carbonyl (C=O) groups excluding carboxylic acids is 1. The second-order valence-corrected chi connectivity index (χ2v) is 5.73. The number of carboxylic acid groups (broad SMARTS) is 1. The van der Waals surface area contributed by atoms with Crippen LogP contribution in [0.1, 0.15) is 27.7 Å². The van der Waals surface area contributed by atoms with E-state index in [1.165, 1.54) is 18.0 Å². The van der Waals surface area contributed by atoms with Gasteiger partial charge in [-0.05, 0) is 18.4 Å². The molecule has 0 saturated heterocycles. The molecule has 4 nitrogen and oxygen atoms in total. The number of nitrogens with zero attached hydrogens (tertiary/aromatic N) is 1. The summed E-state index contributed by atoms with van der Waals surface area (Å²) < 4.78 is 0. The van der Waals surface area contributed by atoms with Crippen LogP contribution in [0.15, 0.2) is 12.2 Å².